The number of rotatable bonds is 7. The van der Waals surface area contributed by atoms with Crippen molar-refractivity contribution >= 4 is 23.4 Å². The van der Waals surface area contributed by atoms with Crippen LogP contribution in [0.4, 0.5) is 5.69 Å². The second-order valence-corrected chi connectivity index (χ2v) is 7.64. The number of hydrogen-bond donors (Lipinski definition) is 2. The summed E-state index contributed by atoms with van der Waals surface area (Å²) < 4.78 is 0. The van der Waals surface area contributed by atoms with Crippen molar-refractivity contribution in [2.45, 2.75) is 38.6 Å². The van der Waals surface area contributed by atoms with Crippen LogP contribution in [0.25, 0.3) is 0 Å². The predicted molar refractivity (Wildman–Crippen MR) is 117 cm³/mol. The molecule has 0 bridgehead atoms. The molecule has 2 aromatic rings. The van der Waals surface area contributed by atoms with Gasteiger partial charge in [-0.2, -0.15) is 0 Å². The minimum atomic E-state index is -0.805. The number of hydrogen-bond acceptors (Lipinski definition) is 3. The average Bonchev–Trinajstić information content (AvgIpc) is 2.78. The Bertz CT molecular complexity index is 855. The molecule has 0 radical (unpaired) electrons. The predicted octanol–water partition coefficient (Wildman–Crippen LogP) is 3.52. The highest BCUT2D eigenvalue weighted by Gasteiger charge is 2.31. The van der Waals surface area contributed by atoms with Crippen molar-refractivity contribution in [1.82, 2.24) is 10.2 Å². The number of carbonyl (C=O) groups is 3. The van der Waals surface area contributed by atoms with Crippen molar-refractivity contribution in [1.29, 1.82) is 0 Å². The molecule has 30 heavy (non-hydrogen) atoms. The SMILES string of the molecule is CCCC(=O)N1CCCC(C(=O)NC(C(=O)Nc2ccccc2)c2ccccc2)C1. The minimum Gasteiger partial charge on any atom is -0.342 e. The Morgan fingerprint density at radius 3 is 2.37 bits per heavy atom. The highest BCUT2D eigenvalue weighted by atomic mass is 16.2. The number of benzene rings is 2. The lowest BCUT2D eigenvalue weighted by molar-refractivity contribution is -0.137. The monoisotopic (exact) mass is 407 g/mol. The van der Waals surface area contributed by atoms with E-state index in [2.05, 4.69) is 10.6 Å². The number of amides is 3. The van der Waals surface area contributed by atoms with E-state index in [1.165, 1.54) is 0 Å². The van der Waals surface area contributed by atoms with E-state index in [0.29, 0.717) is 37.2 Å². The van der Waals surface area contributed by atoms with E-state index in [0.717, 1.165) is 12.8 Å². The number of anilines is 1. The standard InChI is InChI=1S/C24H29N3O3/c1-2-10-21(28)27-16-9-13-19(17-27)23(29)26-22(18-11-5-3-6-12-18)24(30)25-20-14-7-4-8-15-20/h3-8,11-12,14-15,19,22H,2,9-10,13,16-17H2,1H3,(H,25,30)(H,26,29). The van der Waals surface area contributed by atoms with Crippen molar-refractivity contribution < 1.29 is 14.4 Å². The second-order valence-electron chi connectivity index (χ2n) is 7.64. The lowest BCUT2D eigenvalue weighted by Gasteiger charge is -2.33. The number of para-hydroxylation sites is 1. The Morgan fingerprint density at radius 1 is 1.03 bits per heavy atom. The van der Waals surface area contributed by atoms with Crippen LogP contribution < -0.4 is 10.6 Å². The summed E-state index contributed by atoms with van der Waals surface area (Å²) in [5, 5.41) is 5.80. The van der Waals surface area contributed by atoms with Crippen molar-refractivity contribution in [3.05, 3.63) is 66.2 Å². The quantitative estimate of drug-likeness (QED) is 0.737. The van der Waals surface area contributed by atoms with E-state index < -0.39 is 6.04 Å². The van der Waals surface area contributed by atoms with Gasteiger partial charge < -0.3 is 15.5 Å². The number of nitrogens with zero attached hydrogens (tertiary/aromatic N) is 1. The third-order valence-corrected chi connectivity index (χ3v) is 5.33. The summed E-state index contributed by atoms with van der Waals surface area (Å²) in [6, 6.07) is 17.6. The van der Waals surface area contributed by atoms with Crippen LogP contribution in [0, 0.1) is 5.92 Å². The summed E-state index contributed by atoms with van der Waals surface area (Å²) in [7, 11) is 0. The van der Waals surface area contributed by atoms with E-state index in [9.17, 15) is 14.4 Å². The first-order valence-corrected chi connectivity index (χ1v) is 10.6. The van der Waals surface area contributed by atoms with Crippen LogP contribution in [0.3, 0.4) is 0 Å². The third kappa shape index (κ3) is 5.69. The first-order valence-electron chi connectivity index (χ1n) is 10.6. The summed E-state index contributed by atoms with van der Waals surface area (Å²) in [4.78, 5) is 40.1. The largest absolute Gasteiger partial charge is 0.342 e. The highest BCUT2D eigenvalue weighted by molar-refractivity contribution is 5.98. The summed E-state index contributed by atoms with van der Waals surface area (Å²) in [5.41, 5.74) is 1.39. The molecule has 1 saturated heterocycles. The van der Waals surface area contributed by atoms with Crippen LogP contribution in [0.1, 0.15) is 44.2 Å². The Morgan fingerprint density at radius 2 is 1.70 bits per heavy atom. The van der Waals surface area contributed by atoms with Gasteiger partial charge in [0.2, 0.25) is 11.8 Å². The molecule has 1 aliphatic heterocycles. The van der Waals surface area contributed by atoms with Crippen molar-refractivity contribution in [3.8, 4) is 0 Å². The lowest BCUT2D eigenvalue weighted by Crippen LogP contribution is -2.47. The molecule has 0 aromatic heterocycles. The normalized spacial score (nSPS) is 17.1. The number of likely N-dealkylation sites (tertiary alicyclic amines) is 1. The van der Waals surface area contributed by atoms with E-state index in [-0.39, 0.29) is 23.6 Å². The Labute approximate surface area is 177 Å². The molecule has 0 aliphatic carbocycles. The Balaban J connectivity index is 1.72. The molecule has 158 valence electrons. The van der Waals surface area contributed by atoms with Gasteiger partial charge in [0, 0.05) is 25.2 Å². The van der Waals surface area contributed by atoms with Crippen LogP contribution in [-0.4, -0.2) is 35.7 Å². The van der Waals surface area contributed by atoms with Crippen molar-refractivity contribution in [2.24, 2.45) is 5.92 Å². The summed E-state index contributed by atoms with van der Waals surface area (Å²) in [5.74, 6) is -0.705. The van der Waals surface area contributed by atoms with Crippen LogP contribution in [-0.2, 0) is 14.4 Å². The highest BCUT2D eigenvalue weighted by Crippen LogP contribution is 2.21. The van der Waals surface area contributed by atoms with Gasteiger partial charge in [-0.25, -0.2) is 0 Å². The fourth-order valence-corrected chi connectivity index (χ4v) is 3.73. The fourth-order valence-electron chi connectivity index (χ4n) is 3.73. The Kier molecular flexibility index (Phi) is 7.60. The molecular formula is C24H29N3O3. The molecule has 6 heteroatoms. The molecule has 6 nitrogen and oxygen atoms in total. The maximum Gasteiger partial charge on any atom is 0.251 e. The zero-order chi connectivity index (χ0) is 21.3. The molecule has 1 heterocycles. The number of nitrogens with one attached hydrogen (secondary N) is 2. The van der Waals surface area contributed by atoms with E-state index in [1.54, 1.807) is 17.0 Å². The molecule has 3 amide bonds. The maximum atomic E-state index is 13.0. The maximum absolute atomic E-state index is 13.0. The second kappa shape index (κ2) is 10.6. The molecule has 2 atom stereocenters. The molecule has 1 aliphatic rings. The molecule has 2 aromatic carbocycles. The van der Waals surface area contributed by atoms with Crippen molar-refractivity contribution in [3.63, 3.8) is 0 Å². The smallest absolute Gasteiger partial charge is 0.251 e. The minimum absolute atomic E-state index is 0.0939. The van der Waals surface area contributed by atoms with Gasteiger partial charge in [-0.1, -0.05) is 55.5 Å². The van der Waals surface area contributed by atoms with E-state index in [1.807, 2.05) is 55.5 Å². The molecule has 0 saturated carbocycles. The zero-order valence-corrected chi connectivity index (χ0v) is 17.3. The van der Waals surface area contributed by atoms with E-state index in [4.69, 9.17) is 0 Å². The number of carbonyl (C=O) groups excluding carboxylic acids is 3. The van der Waals surface area contributed by atoms with Crippen LogP contribution >= 0.6 is 0 Å². The van der Waals surface area contributed by atoms with Crippen LogP contribution in [0.5, 0.6) is 0 Å². The fraction of sp³-hybridized carbons (Fsp3) is 0.375. The molecule has 2 N–H and O–H groups in total. The van der Waals surface area contributed by atoms with Gasteiger partial charge in [0.1, 0.15) is 6.04 Å². The average molecular weight is 408 g/mol. The molecule has 0 spiro atoms. The summed E-state index contributed by atoms with van der Waals surface area (Å²) in [6.07, 6.45) is 2.80. The third-order valence-electron chi connectivity index (χ3n) is 5.33. The molecule has 2 unspecified atom stereocenters. The summed E-state index contributed by atoms with van der Waals surface area (Å²) in [6.45, 7) is 3.08. The molecule has 1 fully saturated rings. The van der Waals surface area contributed by atoms with Crippen molar-refractivity contribution in [2.75, 3.05) is 18.4 Å². The number of piperidine rings is 1. The first kappa shape index (κ1) is 21.6. The van der Waals surface area contributed by atoms with Gasteiger partial charge in [-0.05, 0) is 37.0 Å². The van der Waals surface area contributed by atoms with Gasteiger partial charge in [0.15, 0.2) is 0 Å². The topological polar surface area (TPSA) is 78.5 Å². The first-order chi connectivity index (χ1) is 14.6. The summed E-state index contributed by atoms with van der Waals surface area (Å²) >= 11 is 0. The van der Waals surface area contributed by atoms with Gasteiger partial charge in [0.05, 0.1) is 5.92 Å². The molecule has 3 rings (SSSR count). The van der Waals surface area contributed by atoms with Gasteiger partial charge >= 0.3 is 0 Å². The van der Waals surface area contributed by atoms with Gasteiger partial charge in [-0.3, -0.25) is 14.4 Å². The zero-order valence-electron chi connectivity index (χ0n) is 17.3. The van der Waals surface area contributed by atoms with Gasteiger partial charge in [0.25, 0.3) is 5.91 Å². The van der Waals surface area contributed by atoms with Gasteiger partial charge in [-0.15, -0.1) is 0 Å². The van der Waals surface area contributed by atoms with Crippen LogP contribution in [0.2, 0.25) is 0 Å². The Hall–Kier alpha value is -3.15. The van der Waals surface area contributed by atoms with Crippen LogP contribution in [0.15, 0.2) is 60.7 Å². The lowest BCUT2D eigenvalue weighted by atomic mass is 9.95. The van der Waals surface area contributed by atoms with E-state index >= 15 is 0 Å². The molecular weight excluding hydrogens is 378 g/mol.